The molecule has 0 heterocycles. The Kier molecular flexibility index (Phi) is 8.00. The molecule has 1 fully saturated rings. The van der Waals surface area contributed by atoms with Crippen LogP contribution in [0, 0.1) is 5.92 Å². The maximum absolute atomic E-state index is 13.8. The highest BCUT2D eigenvalue weighted by Crippen LogP contribution is 2.44. The van der Waals surface area contributed by atoms with Crippen molar-refractivity contribution in [2.45, 2.75) is 49.9 Å². The number of nitrogens with one attached hydrogen (secondary N) is 2. The van der Waals surface area contributed by atoms with Gasteiger partial charge in [0, 0.05) is 23.7 Å². The first-order valence-corrected chi connectivity index (χ1v) is 11.2. The van der Waals surface area contributed by atoms with Crippen molar-refractivity contribution in [3.63, 3.8) is 0 Å². The second-order valence-corrected chi connectivity index (χ2v) is 9.14. The third-order valence-corrected chi connectivity index (χ3v) is 6.13. The van der Waals surface area contributed by atoms with E-state index in [1.807, 2.05) is 0 Å². The zero-order chi connectivity index (χ0) is 27.8. The first kappa shape index (κ1) is 28.9. The summed E-state index contributed by atoms with van der Waals surface area (Å²) in [5.74, 6) is 0.147. The van der Waals surface area contributed by atoms with Crippen LogP contribution >= 0.6 is 11.6 Å². The molecule has 3 N–H and O–H groups in total. The molecule has 1 amide bonds. The van der Waals surface area contributed by atoms with Crippen LogP contribution in [0.5, 0.6) is 0 Å². The summed E-state index contributed by atoms with van der Waals surface area (Å²) in [7, 11) is 0. The molecule has 0 aliphatic heterocycles. The van der Waals surface area contributed by atoms with E-state index in [0.717, 1.165) is 18.9 Å². The Morgan fingerprint density at radius 3 is 1.89 bits per heavy atom. The van der Waals surface area contributed by atoms with Crippen LogP contribution in [0.4, 0.5) is 45.2 Å². The van der Waals surface area contributed by atoms with Crippen molar-refractivity contribution in [3.05, 3.63) is 63.7 Å². The zero-order valence-corrected chi connectivity index (χ0v) is 19.5. The molecule has 1 aliphatic rings. The van der Waals surface area contributed by atoms with E-state index in [1.165, 1.54) is 12.1 Å². The number of hydrogen-bond donors (Lipinski definition) is 3. The normalized spacial score (nSPS) is 16.3. The lowest BCUT2D eigenvalue weighted by atomic mass is 9.89. The molecule has 0 unspecified atom stereocenters. The minimum absolute atomic E-state index is 0.0192. The summed E-state index contributed by atoms with van der Waals surface area (Å²) in [4.78, 5) is 11.8. The molecule has 1 atom stereocenters. The van der Waals surface area contributed by atoms with Gasteiger partial charge in [0.25, 0.3) is 0 Å². The van der Waals surface area contributed by atoms with Gasteiger partial charge in [0.15, 0.2) is 0 Å². The minimum atomic E-state index is -5.66. The largest absolute Gasteiger partial charge is 0.423 e. The Morgan fingerprint density at radius 2 is 1.43 bits per heavy atom. The van der Waals surface area contributed by atoms with E-state index in [9.17, 15) is 49.4 Å². The highest BCUT2D eigenvalue weighted by Gasteiger charge is 2.56. The number of aliphatic hydroxyl groups is 1. The second-order valence-electron chi connectivity index (χ2n) is 8.74. The smallest absolute Gasteiger partial charge is 0.381 e. The van der Waals surface area contributed by atoms with Gasteiger partial charge >= 0.3 is 18.5 Å². The van der Waals surface area contributed by atoms with Gasteiger partial charge in [-0.25, -0.2) is 0 Å². The van der Waals surface area contributed by atoms with Gasteiger partial charge in [-0.1, -0.05) is 17.7 Å². The van der Waals surface area contributed by atoms with Gasteiger partial charge in [-0.05, 0) is 60.2 Å². The van der Waals surface area contributed by atoms with Crippen LogP contribution in [0.25, 0.3) is 0 Å². The highest BCUT2D eigenvalue weighted by atomic mass is 35.5. The topological polar surface area (TPSA) is 61.4 Å². The maximum atomic E-state index is 13.8. The van der Waals surface area contributed by atoms with Crippen molar-refractivity contribution in [3.8, 4) is 0 Å². The predicted molar refractivity (Wildman–Crippen MR) is 116 cm³/mol. The average molecular weight is 563 g/mol. The Labute approximate surface area is 209 Å². The molecule has 0 aromatic heterocycles. The highest BCUT2D eigenvalue weighted by molar-refractivity contribution is 6.31. The van der Waals surface area contributed by atoms with E-state index in [1.54, 1.807) is 0 Å². The summed E-state index contributed by atoms with van der Waals surface area (Å²) < 4.78 is 120. The standard InChI is InChI=1S/C23H20ClF9N2O2/c24-18-9-17(4-3-13(18)10-34-19(36)5-12-1-2-12)35-11-20(37,23(31,32)33)14-6-15(21(25,26)27)8-16(7-14)22(28,29)30/h3-4,6-9,12,35,37H,1-2,5,10-11H2,(H,34,36)/t20-/m0/s1. The fourth-order valence-corrected chi connectivity index (χ4v) is 3.69. The quantitative estimate of drug-likeness (QED) is 0.316. The Morgan fingerprint density at radius 1 is 0.892 bits per heavy atom. The molecule has 0 radical (unpaired) electrons. The molecule has 1 saturated carbocycles. The van der Waals surface area contributed by atoms with E-state index < -0.39 is 47.4 Å². The molecule has 37 heavy (non-hydrogen) atoms. The van der Waals surface area contributed by atoms with Crippen molar-refractivity contribution in [1.82, 2.24) is 5.32 Å². The minimum Gasteiger partial charge on any atom is -0.381 e. The van der Waals surface area contributed by atoms with Gasteiger partial charge in [-0.3, -0.25) is 4.79 Å². The van der Waals surface area contributed by atoms with E-state index >= 15 is 0 Å². The van der Waals surface area contributed by atoms with Crippen molar-refractivity contribution in [2.24, 2.45) is 5.92 Å². The molecule has 2 aromatic rings. The maximum Gasteiger partial charge on any atom is 0.423 e. The first-order valence-electron chi connectivity index (χ1n) is 10.8. The third-order valence-electron chi connectivity index (χ3n) is 5.78. The van der Waals surface area contributed by atoms with Crippen molar-refractivity contribution >= 4 is 23.2 Å². The third kappa shape index (κ3) is 7.22. The van der Waals surface area contributed by atoms with Crippen LogP contribution in [0.2, 0.25) is 5.02 Å². The van der Waals surface area contributed by atoms with Crippen LogP contribution in [0.1, 0.15) is 41.5 Å². The Hall–Kier alpha value is -2.67. The van der Waals surface area contributed by atoms with Crippen LogP contribution in [0.3, 0.4) is 0 Å². The van der Waals surface area contributed by atoms with Crippen LogP contribution in [0.15, 0.2) is 36.4 Å². The lowest BCUT2D eigenvalue weighted by molar-refractivity contribution is -0.261. The zero-order valence-electron chi connectivity index (χ0n) is 18.7. The van der Waals surface area contributed by atoms with Crippen molar-refractivity contribution in [2.75, 3.05) is 11.9 Å². The number of hydrogen-bond acceptors (Lipinski definition) is 3. The fourth-order valence-electron chi connectivity index (χ4n) is 3.44. The number of halogens is 10. The van der Waals surface area contributed by atoms with Crippen LogP contribution in [-0.4, -0.2) is 23.7 Å². The van der Waals surface area contributed by atoms with E-state index in [-0.39, 0.29) is 41.4 Å². The molecule has 1 aliphatic carbocycles. The number of carbonyl (C=O) groups excluding carboxylic acids is 1. The van der Waals surface area contributed by atoms with E-state index in [2.05, 4.69) is 10.6 Å². The SMILES string of the molecule is O=C(CC1CC1)NCc1ccc(NC[C@](O)(c2cc(C(F)(F)F)cc(C(F)(F)F)c2)C(F)(F)F)cc1Cl. The number of carbonyl (C=O) groups is 1. The van der Waals surface area contributed by atoms with Crippen molar-refractivity contribution in [1.29, 1.82) is 0 Å². The lowest BCUT2D eigenvalue weighted by Crippen LogP contribution is -2.48. The molecule has 3 rings (SSSR count). The van der Waals surface area contributed by atoms with E-state index in [4.69, 9.17) is 11.6 Å². The van der Waals surface area contributed by atoms with Crippen molar-refractivity contribution < 1.29 is 49.4 Å². The number of rotatable bonds is 8. The summed E-state index contributed by atoms with van der Waals surface area (Å²) in [6, 6.07) is 3.05. The van der Waals surface area contributed by atoms with Gasteiger partial charge in [0.1, 0.15) is 0 Å². The molecule has 2 aromatic carbocycles. The average Bonchev–Trinajstić information content (AvgIpc) is 3.58. The van der Waals surface area contributed by atoms with Gasteiger partial charge in [-0.15, -0.1) is 0 Å². The van der Waals surface area contributed by atoms with Gasteiger partial charge in [0.05, 0.1) is 17.7 Å². The molecule has 0 spiro atoms. The number of benzene rings is 2. The molecule has 204 valence electrons. The first-order chi connectivity index (χ1) is 16.9. The van der Waals surface area contributed by atoms with Gasteiger partial charge in [-0.2, -0.15) is 39.5 Å². The number of anilines is 1. The van der Waals surface area contributed by atoms with Gasteiger partial charge in [0.2, 0.25) is 11.5 Å². The molecule has 0 bridgehead atoms. The van der Waals surface area contributed by atoms with Crippen LogP contribution in [-0.2, 0) is 29.3 Å². The second kappa shape index (κ2) is 10.2. The predicted octanol–water partition coefficient (Wildman–Crippen LogP) is 6.66. The molecule has 0 saturated heterocycles. The summed E-state index contributed by atoms with van der Waals surface area (Å²) >= 11 is 6.10. The fraction of sp³-hybridized carbons (Fsp3) is 0.435. The van der Waals surface area contributed by atoms with Crippen LogP contribution < -0.4 is 10.6 Å². The Bertz CT molecular complexity index is 1110. The summed E-state index contributed by atoms with van der Waals surface area (Å²) in [5, 5.41) is 15.2. The molecular weight excluding hydrogens is 543 g/mol. The summed E-state index contributed by atoms with van der Waals surface area (Å²) in [5.41, 5.74) is -9.47. The summed E-state index contributed by atoms with van der Waals surface area (Å²) in [6.07, 6.45) is -14.2. The lowest BCUT2D eigenvalue weighted by Gasteiger charge is -2.32. The molecule has 4 nitrogen and oxygen atoms in total. The molecule has 14 heteroatoms. The summed E-state index contributed by atoms with van der Waals surface area (Å²) in [6.45, 7) is -1.50. The Balaban J connectivity index is 1.84. The van der Waals surface area contributed by atoms with E-state index in [0.29, 0.717) is 17.9 Å². The monoisotopic (exact) mass is 562 g/mol. The van der Waals surface area contributed by atoms with Gasteiger partial charge < -0.3 is 15.7 Å². The number of amides is 1. The molecular formula is C23H20ClF9N2O2. The number of alkyl halides is 9.